The molecule has 0 aliphatic carbocycles. The van der Waals surface area contributed by atoms with Gasteiger partial charge in [-0.15, -0.1) is 0 Å². The van der Waals surface area contributed by atoms with Crippen molar-refractivity contribution >= 4 is 11.9 Å². The minimum atomic E-state index is -0.128. The number of piperazine rings is 1. The summed E-state index contributed by atoms with van der Waals surface area (Å²) in [6.07, 6.45) is 0. The zero-order chi connectivity index (χ0) is 19.9. The zero-order valence-electron chi connectivity index (χ0n) is 17.5. The second-order valence-corrected chi connectivity index (χ2v) is 7.82. The lowest BCUT2D eigenvalue weighted by atomic mass is 10.0. The molecule has 1 aliphatic heterocycles. The van der Waals surface area contributed by atoms with Crippen LogP contribution in [0.2, 0.25) is 0 Å². The first-order valence-electron chi connectivity index (χ1n) is 9.94. The number of guanidine groups is 1. The number of aliphatic imine (C=N–C) groups is 1. The maximum Gasteiger partial charge on any atom is 0.219 e. The van der Waals surface area contributed by atoms with Crippen molar-refractivity contribution < 1.29 is 4.79 Å². The molecule has 1 aromatic carbocycles. The molecule has 1 atom stereocenters. The maximum atomic E-state index is 11.5. The number of carbonyl (C=O) groups is 1. The van der Waals surface area contributed by atoms with Gasteiger partial charge in [0.1, 0.15) is 0 Å². The molecule has 6 heteroatoms. The van der Waals surface area contributed by atoms with Gasteiger partial charge in [-0.05, 0) is 33.3 Å². The van der Waals surface area contributed by atoms with Crippen LogP contribution in [0.4, 0.5) is 0 Å². The fourth-order valence-electron chi connectivity index (χ4n) is 3.39. The zero-order valence-corrected chi connectivity index (χ0v) is 17.5. The van der Waals surface area contributed by atoms with E-state index >= 15 is 0 Å². The van der Waals surface area contributed by atoms with Crippen LogP contribution >= 0.6 is 0 Å². The van der Waals surface area contributed by atoms with E-state index < -0.39 is 0 Å². The predicted octanol–water partition coefficient (Wildman–Crippen LogP) is 2.25. The SMILES string of the molecule is CCNC(=NCC(C)(C)NC(C)c1ccccc1)N1CCN(C(C)=O)CC1. The molecule has 0 aromatic heterocycles. The van der Waals surface area contributed by atoms with Crippen molar-refractivity contribution in [2.45, 2.75) is 46.2 Å². The van der Waals surface area contributed by atoms with Crippen molar-refractivity contribution in [1.82, 2.24) is 20.4 Å². The summed E-state index contributed by atoms with van der Waals surface area (Å²) in [5.41, 5.74) is 1.15. The first-order chi connectivity index (χ1) is 12.8. The van der Waals surface area contributed by atoms with Crippen LogP contribution in [-0.2, 0) is 4.79 Å². The smallest absolute Gasteiger partial charge is 0.219 e. The van der Waals surface area contributed by atoms with E-state index in [1.165, 1.54) is 5.56 Å². The number of rotatable bonds is 6. The van der Waals surface area contributed by atoms with Gasteiger partial charge in [-0.1, -0.05) is 30.3 Å². The van der Waals surface area contributed by atoms with Crippen LogP contribution in [-0.4, -0.2) is 66.5 Å². The van der Waals surface area contributed by atoms with Gasteiger partial charge >= 0.3 is 0 Å². The molecular formula is C21H35N5O. The van der Waals surface area contributed by atoms with E-state index in [2.05, 4.69) is 67.5 Å². The highest BCUT2D eigenvalue weighted by Crippen LogP contribution is 2.16. The van der Waals surface area contributed by atoms with E-state index in [4.69, 9.17) is 4.99 Å². The quantitative estimate of drug-likeness (QED) is 0.593. The van der Waals surface area contributed by atoms with Gasteiger partial charge in [0.05, 0.1) is 6.54 Å². The summed E-state index contributed by atoms with van der Waals surface area (Å²) in [7, 11) is 0. The molecule has 2 rings (SSSR count). The van der Waals surface area contributed by atoms with Crippen LogP contribution in [0.25, 0.3) is 0 Å². The summed E-state index contributed by atoms with van der Waals surface area (Å²) in [5, 5.41) is 7.09. The molecule has 1 unspecified atom stereocenters. The number of carbonyl (C=O) groups excluding carboxylic acids is 1. The summed E-state index contributed by atoms with van der Waals surface area (Å²) in [4.78, 5) is 20.6. The lowest BCUT2D eigenvalue weighted by Gasteiger charge is -2.36. The molecular weight excluding hydrogens is 338 g/mol. The number of hydrogen-bond acceptors (Lipinski definition) is 3. The van der Waals surface area contributed by atoms with Crippen LogP contribution in [0.1, 0.15) is 46.2 Å². The molecule has 1 saturated heterocycles. The van der Waals surface area contributed by atoms with Gasteiger partial charge in [0.15, 0.2) is 5.96 Å². The molecule has 0 bridgehead atoms. The number of nitrogens with one attached hydrogen (secondary N) is 2. The Labute approximate surface area is 164 Å². The number of benzene rings is 1. The third-order valence-corrected chi connectivity index (χ3v) is 4.89. The van der Waals surface area contributed by atoms with Gasteiger partial charge in [-0.2, -0.15) is 0 Å². The summed E-state index contributed by atoms with van der Waals surface area (Å²) in [5.74, 6) is 1.08. The van der Waals surface area contributed by atoms with Gasteiger partial charge < -0.3 is 20.4 Å². The topological polar surface area (TPSA) is 60.0 Å². The van der Waals surface area contributed by atoms with E-state index in [1.54, 1.807) is 6.92 Å². The Hall–Kier alpha value is -2.08. The summed E-state index contributed by atoms with van der Waals surface area (Å²) in [6.45, 7) is 14.9. The van der Waals surface area contributed by atoms with Crippen molar-refractivity contribution in [3.63, 3.8) is 0 Å². The third kappa shape index (κ3) is 6.54. The van der Waals surface area contributed by atoms with Crippen molar-refractivity contribution in [1.29, 1.82) is 0 Å². The first kappa shape index (κ1) is 21.2. The third-order valence-electron chi connectivity index (χ3n) is 4.89. The predicted molar refractivity (Wildman–Crippen MR) is 112 cm³/mol. The van der Waals surface area contributed by atoms with Gasteiger partial charge in [0, 0.05) is 51.2 Å². The molecule has 0 spiro atoms. The van der Waals surface area contributed by atoms with Gasteiger partial charge in [0.2, 0.25) is 5.91 Å². The minimum absolute atomic E-state index is 0.128. The summed E-state index contributed by atoms with van der Waals surface area (Å²) >= 11 is 0. The van der Waals surface area contributed by atoms with Crippen LogP contribution in [0.5, 0.6) is 0 Å². The fourth-order valence-corrected chi connectivity index (χ4v) is 3.39. The van der Waals surface area contributed by atoms with Crippen molar-refractivity contribution in [3.05, 3.63) is 35.9 Å². The van der Waals surface area contributed by atoms with E-state index in [9.17, 15) is 4.79 Å². The van der Waals surface area contributed by atoms with Crippen LogP contribution < -0.4 is 10.6 Å². The number of amides is 1. The summed E-state index contributed by atoms with van der Waals surface area (Å²) < 4.78 is 0. The molecule has 1 aliphatic rings. The average molecular weight is 374 g/mol. The Morgan fingerprint density at radius 1 is 1.15 bits per heavy atom. The highest BCUT2D eigenvalue weighted by molar-refractivity contribution is 5.80. The molecule has 1 fully saturated rings. The van der Waals surface area contributed by atoms with Gasteiger partial charge in [-0.3, -0.25) is 9.79 Å². The Morgan fingerprint density at radius 2 is 1.74 bits per heavy atom. The molecule has 0 radical (unpaired) electrons. The van der Waals surface area contributed by atoms with E-state index in [-0.39, 0.29) is 17.5 Å². The normalized spacial score (nSPS) is 17.0. The highest BCUT2D eigenvalue weighted by Gasteiger charge is 2.24. The number of hydrogen-bond donors (Lipinski definition) is 2. The van der Waals surface area contributed by atoms with E-state index in [1.807, 2.05) is 11.0 Å². The van der Waals surface area contributed by atoms with E-state index in [0.717, 1.165) is 38.7 Å². The largest absolute Gasteiger partial charge is 0.357 e. The average Bonchev–Trinajstić information content (AvgIpc) is 2.65. The second kappa shape index (κ2) is 9.74. The Balaban J connectivity index is 1.97. The lowest BCUT2D eigenvalue weighted by Crippen LogP contribution is -2.54. The van der Waals surface area contributed by atoms with Crippen LogP contribution in [0.15, 0.2) is 35.3 Å². The standard InChI is InChI=1S/C21H35N5O/c1-6-22-20(26-14-12-25(13-15-26)18(3)27)23-16-21(4,5)24-17(2)19-10-8-7-9-11-19/h7-11,17,24H,6,12-16H2,1-5H3,(H,22,23). The Kier molecular flexibility index (Phi) is 7.66. The van der Waals surface area contributed by atoms with Crippen LogP contribution in [0.3, 0.4) is 0 Å². The van der Waals surface area contributed by atoms with Crippen molar-refractivity contribution in [2.75, 3.05) is 39.3 Å². The molecule has 0 saturated carbocycles. The highest BCUT2D eigenvalue weighted by atomic mass is 16.2. The second-order valence-electron chi connectivity index (χ2n) is 7.82. The van der Waals surface area contributed by atoms with Crippen molar-refractivity contribution in [2.24, 2.45) is 4.99 Å². The monoisotopic (exact) mass is 373 g/mol. The van der Waals surface area contributed by atoms with Crippen molar-refractivity contribution in [3.8, 4) is 0 Å². The molecule has 1 amide bonds. The first-order valence-corrected chi connectivity index (χ1v) is 9.94. The Bertz CT molecular complexity index is 621. The molecule has 1 heterocycles. The van der Waals surface area contributed by atoms with Gasteiger partial charge in [-0.25, -0.2) is 0 Å². The molecule has 150 valence electrons. The van der Waals surface area contributed by atoms with Crippen LogP contribution in [0, 0.1) is 0 Å². The molecule has 27 heavy (non-hydrogen) atoms. The maximum absolute atomic E-state index is 11.5. The number of nitrogens with zero attached hydrogens (tertiary/aromatic N) is 3. The molecule has 6 nitrogen and oxygen atoms in total. The van der Waals surface area contributed by atoms with Gasteiger partial charge in [0.25, 0.3) is 0 Å². The molecule has 1 aromatic rings. The van der Waals surface area contributed by atoms with E-state index in [0.29, 0.717) is 6.54 Å². The molecule has 2 N–H and O–H groups in total. The minimum Gasteiger partial charge on any atom is -0.357 e. The lowest BCUT2D eigenvalue weighted by molar-refractivity contribution is -0.130. The summed E-state index contributed by atoms with van der Waals surface area (Å²) in [6, 6.07) is 10.7. The Morgan fingerprint density at radius 3 is 2.30 bits per heavy atom. The fraction of sp³-hybridized carbons (Fsp3) is 0.619.